The van der Waals surface area contributed by atoms with Crippen molar-refractivity contribution in [3.63, 3.8) is 0 Å². The van der Waals surface area contributed by atoms with Gasteiger partial charge in [0.15, 0.2) is 0 Å². The zero-order chi connectivity index (χ0) is 9.26. The van der Waals surface area contributed by atoms with Crippen LogP contribution in [0.4, 0.5) is 5.69 Å². The van der Waals surface area contributed by atoms with Gasteiger partial charge in [0.25, 0.3) is 0 Å². The Morgan fingerprint density at radius 1 is 1.62 bits per heavy atom. The van der Waals surface area contributed by atoms with Crippen molar-refractivity contribution >= 4 is 5.69 Å². The summed E-state index contributed by atoms with van der Waals surface area (Å²) in [5.41, 5.74) is 7.66. The summed E-state index contributed by atoms with van der Waals surface area (Å²) in [7, 11) is 1.92. The highest BCUT2D eigenvalue weighted by molar-refractivity contribution is 5.43. The van der Waals surface area contributed by atoms with Crippen molar-refractivity contribution in [3.05, 3.63) is 11.9 Å². The zero-order valence-corrected chi connectivity index (χ0v) is 7.75. The van der Waals surface area contributed by atoms with E-state index in [4.69, 9.17) is 5.73 Å². The maximum Gasteiger partial charge on any atom is 0.0792 e. The molecule has 1 aromatic rings. The van der Waals surface area contributed by atoms with Crippen molar-refractivity contribution in [3.8, 4) is 0 Å². The first kappa shape index (κ1) is 8.52. The van der Waals surface area contributed by atoms with E-state index in [0.717, 1.165) is 31.0 Å². The molecule has 1 fully saturated rings. The highest BCUT2D eigenvalue weighted by Gasteiger charge is 2.19. The van der Waals surface area contributed by atoms with Gasteiger partial charge in [0.2, 0.25) is 0 Å². The lowest BCUT2D eigenvalue weighted by Gasteiger charge is -2.25. The molecule has 0 saturated carbocycles. The molecule has 1 aromatic heterocycles. The Hall–Kier alpha value is -1.07. The Labute approximate surface area is 77.3 Å². The van der Waals surface area contributed by atoms with Gasteiger partial charge >= 0.3 is 0 Å². The molecular weight excluding hydrogens is 166 g/mol. The van der Waals surface area contributed by atoms with Crippen LogP contribution in [0.25, 0.3) is 0 Å². The summed E-state index contributed by atoms with van der Waals surface area (Å²) >= 11 is 0. The smallest absolute Gasteiger partial charge is 0.0792 e. The molecule has 5 heteroatoms. The maximum atomic E-state index is 5.82. The Balaban J connectivity index is 2.22. The van der Waals surface area contributed by atoms with Crippen LogP contribution >= 0.6 is 0 Å². The van der Waals surface area contributed by atoms with Crippen LogP contribution in [0.2, 0.25) is 0 Å². The number of hydrogen-bond donors (Lipinski definition) is 3. The maximum absolute atomic E-state index is 5.82. The van der Waals surface area contributed by atoms with Crippen LogP contribution in [0.3, 0.4) is 0 Å². The Morgan fingerprint density at radius 3 is 3.00 bits per heavy atom. The zero-order valence-electron chi connectivity index (χ0n) is 7.75. The minimum Gasteiger partial charge on any atom is -0.396 e. The average molecular weight is 181 g/mol. The summed E-state index contributed by atoms with van der Waals surface area (Å²) in [5.74, 6) is 0. The number of nitrogen functional groups attached to an aromatic ring is 1. The molecule has 2 heterocycles. The van der Waals surface area contributed by atoms with Gasteiger partial charge in [0.1, 0.15) is 0 Å². The molecule has 1 saturated heterocycles. The van der Waals surface area contributed by atoms with Gasteiger partial charge in [-0.2, -0.15) is 5.10 Å². The van der Waals surface area contributed by atoms with Crippen LogP contribution in [-0.4, -0.2) is 29.4 Å². The summed E-state index contributed by atoms with van der Waals surface area (Å²) in [6.07, 6.45) is 1.70. The second-order valence-corrected chi connectivity index (χ2v) is 3.32. The van der Waals surface area contributed by atoms with E-state index in [2.05, 4.69) is 15.7 Å². The summed E-state index contributed by atoms with van der Waals surface area (Å²) in [6.45, 7) is 2.92. The molecule has 0 bridgehead atoms. The first-order valence-electron chi connectivity index (χ1n) is 4.50. The number of nitrogens with zero attached hydrogens (tertiary/aromatic N) is 2. The molecule has 1 aliphatic rings. The van der Waals surface area contributed by atoms with Gasteiger partial charge in [-0.15, -0.1) is 0 Å². The fraction of sp³-hybridized carbons (Fsp3) is 0.625. The third-order valence-electron chi connectivity index (χ3n) is 2.39. The molecule has 4 N–H and O–H groups in total. The number of aromatic nitrogens is 2. The second-order valence-electron chi connectivity index (χ2n) is 3.32. The molecule has 13 heavy (non-hydrogen) atoms. The lowest BCUT2D eigenvalue weighted by atomic mass is 10.1. The number of rotatable bonds is 1. The molecule has 5 nitrogen and oxygen atoms in total. The molecule has 1 atom stereocenters. The SMILES string of the molecule is Cn1ncc(N)c1C1CNCCN1. The van der Waals surface area contributed by atoms with Crippen LogP contribution < -0.4 is 16.4 Å². The highest BCUT2D eigenvalue weighted by atomic mass is 15.3. The van der Waals surface area contributed by atoms with E-state index in [9.17, 15) is 0 Å². The monoisotopic (exact) mass is 181 g/mol. The first-order chi connectivity index (χ1) is 6.29. The normalized spacial score (nSPS) is 23.3. The van der Waals surface area contributed by atoms with E-state index in [1.807, 2.05) is 11.7 Å². The van der Waals surface area contributed by atoms with Crippen LogP contribution in [-0.2, 0) is 7.05 Å². The van der Waals surface area contributed by atoms with Gasteiger partial charge in [-0.05, 0) is 0 Å². The van der Waals surface area contributed by atoms with Crippen LogP contribution in [0, 0.1) is 0 Å². The standard InChI is InChI=1S/C8H15N5/c1-13-8(6(9)4-12-13)7-5-10-2-3-11-7/h4,7,10-11H,2-3,5,9H2,1H3. The van der Waals surface area contributed by atoms with E-state index >= 15 is 0 Å². The molecule has 1 unspecified atom stereocenters. The topological polar surface area (TPSA) is 67.9 Å². The van der Waals surface area contributed by atoms with Crippen LogP contribution in [0.5, 0.6) is 0 Å². The fourth-order valence-electron chi connectivity index (χ4n) is 1.74. The third kappa shape index (κ3) is 1.52. The lowest BCUT2D eigenvalue weighted by Crippen LogP contribution is -2.43. The molecule has 0 spiro atoms. The number of nitrogens with two attached hydrogens (primary N) is 1. The summed E-state index contributed by atoms with van der Waals surface area (Å²) < 4.78 is 1.83. The van der Waals surface area contributed by atoms with Gasteiger partial charge in [0, 0.05) is 26.7 Å². The van der Waals surface area contributed by atoms with Gasteiger partial charge in [-0.3, -0.25) is 4.68 Å². The first-order valence-corrected chi connectivity index (χ1v) is 4.50. The number of nitrogens with one attached hydrogen (secondary N) is 2. The Morgan fingerprint density at radius 2 is 2.46 bits per heavy atom. The summed E-state index contributed by atoms with van der Waals surface area (Å²) in [6, 6.07) is 0.293. The van der Waals surface area contributed by atoms with Crippen LogP contribution in [0.15, 0.2) is 6.20 Å². The number of hydrogen-bond acceptors (Lipinski definition) is 4. The minimum atomic E-state index is 0.293. The molecule has 0 amide bonds. The van der Waals surface area contributed by atoms with Crippen molar-refractivity contribution in [2.24, 2.45) is 7.05 Å². The molecule has 2 rings (SSSR count). The number of aryl methyl sites for hydroxylation is 1. The van der Waals surface area contributed by atoms with E-state index in [1.54, 1.807) is 6.20 Å². The summed E-state index contributed by atoms with van der Waals surface area (Å²) in [4.78, 5) is 0. The fourth-order valence-corrected chi connectivity index (χ4v) is 1.74. The molecular formula is C8H15N5. The van der Waals surface area contributed by atoms with Crippen molar-refractivity contribution in [1.82, 2.24) is 20.4 Å². The molecule has 1 aliphatic heterocycles. The van der Waals surface area contributed by atoms with E-state index in [-0.39, 0.29) is 0 Å². The Kier molecular flexibility index (Phi) is 2.20. The van der Waals surface area contributed by atoms with Gasteiger partial charge in [-0.1, -0.05) is 0 Å². The predicted molar refractivity (Wildman–Crippen MR) is 51.2 cm³/mol. The second kappa shape index (κ2) is 3.35. The van der Waals surface area contributed by atoms with Crippen molar-refractivity contribution in [2.45, 2.75) is 6.04 Å². The lowest BCUT2D eigenvalue weighted by molar-refractivity contribution is 0.412. The average Bonchev–Trinajstić information content (AvgIpc) is 2.48. The van der Waals surface area contributed by atoms with E-state index in [0.29, 0.717) is 6.04 Å². The highest BCUT2D eigenvalue weighted by Crippen LogP contribution is 2.19. The Bertz CT molecular complexity index is 267. The van der Waals surface area contributed by atoms with Gasteiger partial charge in [0.05, 0.1) is 23.6 Å². The minimum absolute atomic E-state index is 0.293. The molecule has 0 aliphatic carbocycles. The van der Waals surface area contributed by atoms with E-state index in [1.165, 1.54) is 0 Å². The summed E-state index contributed by atoms with van der Waals surface area (Å²) in [5, 5.41) is 10.8. The predicted octanol–water partition coefficient (Wildman–Crippen LogP) is -0.764. The van der Waals surface area contributed by atoms with E-state index < -0.39 is 0 Å². The molecule has 72 valence electrons. The van der Waals surface area contributed by atoms with Crippen LogP contribution in [0.1, 0.15) is 11.7 Å². The van der Waals surface area contributed by atoms with Crippen molar-refractivity contribution in [1.29, 1.82) is 0 Å². The van der Waals surface area contributed by atoms with Crippen molar-refractivity contribution < 1.29 is 0 Å². The number of piperazine rings is 1. The van der Waals surface area contributed by atoms with Gasteiger partial charge < -0.3 is 16.4 Å². The third-order valence-corrected chi connectivity index (χ3v) is 2.39. The molecule has 0 aromatic carbocycles. The quantitative estimate of drug-likeness (QED) is 0.532. The largest absolute Gasteiger partial charge is 0.396 e. The molecule has 0 radical (unpaired) electrons. The van der Waals surface area contributed by atoms with Gasteiger partial charge in [-0.25, -0.2) is 0 Å². The number of anilines is 1. The van der Waals surface area contributed by atoms with Crippen molar-refractivity contribution in [2.75, 3.05) is 25.4 Å².